The summed E-state index contributed by atoms with van der Waals surface area (Å²) in [6, 6.07) is 18.5. The highest BCUT2D eigenvalue weighted by Gasteiger charge is 2.34. The smallest absolute Gasteiger partial charge is 0.343 e. The van der Waals surface area contributed by atoms with Crippen molar-refractivity contribution in [1.82, 2.24) is 14.3 Å². The molecule has 39 heavy (non-hydrogen) atoms. The minimum Gasteiger partial charge on any atom is -0.462 e. The summed E-state index contributed by atoms with van der Waals surface area (Å²) in [6.45, 7) is 8.21. The van der Waals surface area contributed by atoms with Crippen LogP contribution >= 0.6 is 0 Å². The van der Waals surface area contributed by atoms with Gasteiger partial charge < -0.3 is 9.30 Å². The number of carbonyl (C=O) groups is 2. The summed E-state index contributed by atoms with van der Waals surface area (Å²) < 4.78 is 9.24. The number of hydrogen-bond donors (Lipinski definition) is 0. The van der Waals surface area contributed by atoms with Crippen LogP contribution in [0.3, 0.4) is 0 Å². The molecule has 1 fully saturated rings. The fraction of sp³-hybridized carbons (Fsp3) is 0.406. The van der Waals surface area contributed by atoms with Crippen molar-refractivity contribution < 1.29 is 14.3 Å². The van der Waals surface area contributed by atoms with Crippen molar-refractivity contribution in [3.63, 3.8) is 0 Å². The molecule has 0 bridgehead atoms. The number of aryl methyl sites for hydroxylation is 1. The molecule has 0 saturated heterocycles. The van der Waals surface area contributed by atoms with E-state index in [0.717, 1.165) is 42.6 Å². The maximum atomic E-state index is 13.8. The van der Waals surface area contributed by atoms with Crippen LogP contribution in [0.15, 0.2) is 60.8 Å². The molecule has 2 aromatic carbocycles. The van der Waals surface area contributed by atoms with E-state index in [1.165, 1.54) is 10.9 Å². The van der Waals surface area contributed by atoms with Gasteiger partial charge in [0.15, 0.2) is 5.82 Å². The minimum absolute atomic E-state index is 0.0406. The van der Waals surface area contributed by atoms with Crippen LogP contribution in [-0.2, 0) is 16.6 Å². The van der Waals surface area contributed by atoms with E-state index < -0.39 is 5.97 Å². The quantitative estimate of drug-likeness (QED) is 0.249. The Kier molecular flexibility index (Phi) is 7.60. The van der Waals surface area contributed by atoms with Gasteiger partial charge in [-0.1, -0.05) is 37.3 Å². The number of anilines is 1. The van der Waals surface area contributed by atoms with Gasteiger partial charge in [-0.2, -0.15) is 0 Å². The molecular formula is C32H38N4O3. The highest BCUT2D eigenvalue weighted by molar-refractivity contribution is 6.02. The molecule has 0 aliphatic heterocycles. The summed E-state index contributed by atoms with van der Waals surface area (Å²) in [6.07, 6.45) is 5.52. The number of esters is 1. The molecule has 7 heteroatoms. The molecule has 7 nitrogen and oxygen atoms in total. The summed E-state index contributed by atoms with van der Waals surface area (Å²) in [5.41, 5.74) is 4.49. The van der Waals surface area contributed by atoms with Gasteiger partial charge in [0, 0.05) is 41.8 Å². The number of fused-ring (bicyclic) bond motifs is 1. The van der Waals surface area contributed by atoms with Gasteiger partial charge in [-0.15, -0.1) is 5.10 Å². The number of nitrogens with zero attached hydrogens (tertiary/aromatic N) is 4. The van der Waals surface area contributed by atoms with Crippen molar-refractivity contribution in [1.29, 1.82) is 0 Å². The van der Waals surface area contributed by atoms with Crippen LogP contribution in [0.2, 0.25) is 0 Å². The first-order valence-corrected chi connectivity index (χ1v) is 14.0. The van der Waals surface area contributed by atoms with Gasteiger partial charge in [0.25, 0.3) is 0 Å². The average Bonchev–Trinajstić information content (AvgIpc) is 3.51. The molecular weight excluding hydrogens is 488 g/mol. The fourth-order valence-electron chi connectivity index (χ4n) is 5.69. The molecule has 0 spiro atoms. The van der Waals surface area contributed by atoms with Crippen molar-refractivity contribution in [2.24, 2.45) is 18.9 Å². The normalized spacial score (nSPS) is 17.5. The first kappa shape index (κ1) is 26.7. The Bertz CT molecular complexity index is 1470. The molecule has 0 radical (unpaired) electrons. The lowest BCUT2D eigenvalue weighted by Gasteiger charge is -2.32. The molecule has 2 aromatic heterocycles. The summed E-state index contributed by atoms with van der Waals surface area (Å²) in [5.74, 6) is 0.530. The number of ether oxygens (including phenoxy) is 1. The third kappa shape index (κ3) is 5.22. The fourth-order valence-corrected chi connectivity index (χ4v) is 5.69. The number of rotatable bonds is 7. The molecule has 1 aliphatic rings. The van der Waals surface area contributed by atoms with Crippen LogP contribution in [-0.4, -0.2) is 38.9 Å². The lowest BCUT2D eigenvalue weighted by molar-refractivity contribution is -0.124. The van der Waals surface area contributed by atoms with E-state index in [9.17, 15) is 9.59 Å². The van der Waals surface area contributed by atoms with Crippen LogP contribution in [0.5, 0.6) is 0 Å². The van der Waals surface area contributed by atoms with Gasteiger partial charge in [-0.05, 0) is 82.2 Å². The van der Waals surface area contributed by atoms with Crippen LogP contribution < -0.4 is 4.90 Å². The number of carbonyl (C=O) groups excluding carboxylic acids is 2. The Morgan fingerprint density at radius 3 is 2.38 bits per heavy atom. The van der Waals surface area contributed by atoms with Gasteiger partial charge in [0.1, 0.15) is 5.56 Å². The number of para-hydroxylation sites is 1. The zero-order chi connectivity index (χ0) is 27.7. The van der Waals surface area contributed by atoms with E-state index in [-0.39, 0.29) is 24.5 Å². The Labute approximate surface area is 230 Å². The zero-order valence-corrected chi connectivity index (χ0v) is 23.6. The lowest BCUT2D eigenvalue weighted by Crippen LogP contribution is -2.43. The third-order valence-electron chi connectivity index (χ3n) is 7.92. The molecule has 0 N–H and O–H groups in total. The molecule has 0 unspecified atom stereocenters. The second-order valence-electron chi connectivity index (χ2n) is 11.0. The van der Waals surface area contributed by atoms with Gasteiger partial charge in [-0.3, -0.25) is 9.69 Å². The van der Waals surface area contributed by atoms with Crippen molar-refractivity contribution >= 4 is 28.6 Å². The van der Waals surface area contributed by atoms with Crippen LogP contribution in [0.4, 0.5) is 5.82 Å². The predicted octanol–water partition coefficient (Wildman–Crippen LogP) is 6.78. The SMILES string of the molecule is CCOC(=O)c1cn(-c2ccc(-c3cc4ccccc4n3C)cc2)nc1N(C(=O)C1CCC(C)CC1)C(C)C. The number of amides is 1. The van der Waals surface area contributed by atoms with Gasteiger partial charge in [0.2, 0.25) is 5.91 Å². The molecule has 204 valence electrons. The molecule has 5 rings (SSSR count). The molecule has 1 aliphatic carbocycles. The maximum absolute atomic E-state index is 13.8. The highest BCUT2D eigenvalue weighted by Crippen LogP contribution is 2.33. The first-order valence-electron chi connectivity index (χ1n) is 14.0. The van der Waals surface area contributed by atoms with Gasteiger partial charge in [0.05, 0.1) is 12.3 Å². The molecule has 1 saturated carbocycles. The Morgan fingerprint density at radius 1 is 1.05 bits per heavy atom. The molecule has 2 heterocycles. The maximum Gasteiger partial charge on any atom is 0.343 e. The molecule has 1 amide bonds. The summed E-state index contributed by atoms with van der Waals surface area (Å²) >= 11 is 0. The Hall–Kier alpha value is -3.87. The van der Waals surface area contributed by atoms with Crippen LogP contribution in [0.1, 0.15) is 63.7 Å². The number of aromatic nitrogens is 3. The first-order chi connectivity index (χ1) is 18.8. The van der Waals surface area contributed by atoms with Crippen molar-refractivity contribution in [2.45, 2.75) is 59.4 Å². The standard InChI is InChI=1S/C32H38N4O3/c1-6-39-32(38)27-20-35(33-30(27)36(21(2)3)31(37)24-13-11-22(4)12-14-24)26-17-15-23(16-18-26)29-19-25-9-7-8-10-28(25)34(29)5/h7-10,15-22,24H,6,11-14H2,1-5H3. The van der Waals surface area contributed by atoms with E-state index in [0.29, 0.717) is 17.3 Å². The topological polar surface area (TPSA) is 69.4 Å². The second-order valence-corrected chi connectivity index (χ2v) is 11.0. The van der Waals surface area contributed by atoms with Gasteiger partial charge >= 0.3 is 5.97 Å². The van der Waals surface area contributed by atoms with E-state index in [2.05, 4.69) is 48.9 Å². The second kappa shape index (κ2) is 11.1. The predicted molar refractivity (Wildman–Crippen MR) is 155 cm³/mol. The zero-order valence-electron chi connectivity index (χ0n) is 23.6. The molecule has 0 atom stereocenters. The lowest BCUT2D eigenvalue weighted by atomic mass is 9.82. The monoisotopic (exact) mass is 526 g/mol. The van der Waals surface area contributed by atoms with E-state index >= 15 is 0 Å². The van der Waals surface area contributed by atoms with E-state index in [4.69, 9.17) is 9.84 Å². The highest BCUT2D eigenvalue weighted by atomic mass is 16.5. The summed E-state index contributed by atoms with van der Waals surface area (Å²) in [5, 5.41) is 6.00. The number of hydrogen-bond acceptors (Lipinski definition) is 4. The largest absolute Gasteiger partial charge is 0.462 e. The van der Waals surface area contributed by atoms with Gasteiger partial charge in [-0.25, -0.2) is 9.48 Å². The van der Waals surface area contributed by atoms with Crippen LogP contribution in [0.25, 0.3) is 27.8 Å². The van der Waals surface area contributed by atoms with Crippen molar-refractivity contribution in [2.75, 3.05) is 11.5 Å². The van der Waals surface area contributed by atoms with Crippen molar-refractivity contribution in [3.05, 3.63) is 66.4 Å². The summed E-state index contributed by atoms with van der Waals surface area (Å²) in [4.78, 5) is 28.5. The summed E-state index contributed by atoms with van der Waals surface area (Å²) in [7, 11) is 2.07. The third-order valence-corrected chi connectivity index (χ3v) is 7.92. The Morgan fingerprint density at radius 2 is 1.74 bits per heavy atom. The molecule has 4 aromatic rings. The van der Waals surface area contributed by atoms with E-state index in [1.54, 1.807) is 22.7 Å². The van der Waals surface area contributed by atoms with Crippen molar-refractivity contribution in [3.8, 4) is 16.9 Å². The average molecular weight is 527 g/mol. The minimum atomic E-state index is -0.471. The van der Waals surface area contributed by atoms with E-state index in [1.807, 2.05) is 38.1 Å². The Balaban J connectivity index is 1.50. The van der Waals surface area contributed by atoms with Crippen LogP contribution in [0, 0.1) is 11.8 Å². The number of benzene rings is 2.